The first-order chi connectivity index (χ1) is 12.2. The topological polar surface area (TPSA) is 9.23 Å². The van der Waals surface area contributed by atoms with E-state index in [2.05, 4.69) is 80.6 Å². The van der Waals surface area contributed by atoms with E-state index in [-0.39, 0.29) is 15.0 Å². The third kappa shape index (κ3) is 3.04. The van der Waals surface area contributed by atoms with Gasteiger partial charge in [-0.05, 0) is 0 Å². The van der Waals surface area contributed by atoms with Gasteiger partial charge in [0.25, 0.3) is 0 Å². The zero-order valence-electron chi connectivity index (χ0n) is 14.7. The molecule has 0 saturated heterocycles. The molecule has 4 aromatic rings. The maximum absolute atomic E-state index is 5.45. The molecule has 0 atom stereocenters. The molecule has 0 saturated carbocycles. The number of hydrogen-bond donors (Lipinski definition) is 0. The van der Waals surface area contributed by atoms with Crippen molar-refractivity contribution in [2.75, 3.05) is 7.11 Å². The number of hydrogen-bond acceptors (Lipinski definition) is 1. The molecular formula is C23H20OSe. The average Bonchev–Trinajstić information content (AvgIpc) is 2.61. The van der Waals surface area contributed by atoms with Crippen molar-refractivity contribution in [3.05, 3.63) is 77.9 Å². The van der Waals surface area contributed by atoms with E-state index in [9.17, 15) is 0 Å². The summed E-state index contributed by atoms with van der Waals surface area (Å²) in [5.41, 5.74) is 2.67. The van der Waals surface area contributed by atoms with E-state index < -0.39 is 0 Å². The molecule has 0 unspecified atom stereocenters. The van der Waals surface area contributed by atoms with Crippen LogP contribution in [0.3, 0.4) is 0 Å². The van der Waals surface area contributed by atoms with Crippen molar-refractivity contribution in [3.63, 3.8) is 0 Å². The molecule has 2 heteroatoms. The van der Waals surface area contributed by atoms with Crippen LogP contribution in [0.5, 0.6) is 5.75 Å². The number of aryl methyl sites for hydroxylation is 2. The molecule has 0 aliphatic heterocycles. The van der Waals surface area contributed by atoms with Gasteiger partial charge in [0, 0.05) is 0 Å². The Kier molecular flexibility index (Phi) is 4.25. The van der Waals surface area contributed by atoms with Gasteiger partial charge in [0.15, 0.2) is 0 Å². The Morgan fingerprint density at radius 1 is 0.800 bits per heavy atom. The van der Waals surface area contributed by atoms with E-state index in [4.69, 9.17) is 4.74 Å². The summed E-state index contributed by atoms with van der Waals surface area (Å²) in [7, 11) is 1.73. The average molecular weight is 391 g/mol. The molecule has 25 heavy (non-hydrogen) atoms. The number of ether oxygens (including phenoxy) is 1. The van der Waals surface area contributed by atoms with E-state index in [1.54, 1.807) is 7.11 Å². The fraction of sp³-hybridized carbons (Fsp3) is 0.130. The molecule has 0 radical (unpaired) electrons. The van der Waals surface area contributed by atoms with Crippen molar-refractivity contribution in [1.29, 1.82) is 0 Å². The third-order valence-corrected chi connectivity index (χ3v) is 6.74. The monoisotopic (exact) mass is 392 g/mol. The molecule has 1 nitrogen and oxygen atoms in total. The van der Waals surface area contributed by atoms with Crippen LogP contribution in [0.1, 0.15) is 11.1 Å². The maximum atomic E-state index is 5.45. The first-order valence-electron chi connectivity index (χ1n) is 8.40. The predicted molar refractivity (Wildman–Crippen MR) is 109 cm³/mol. The second-order valence-corrected chi connectivity index (χ2v) is 8.72. The van der Waals surface area contributed by atoms with Crippen LogP contribution in [0.2, 0.25) is 0 Å². The summed E-state index contributed by atoms with van der Waals surface area (Å²) in [6.07, 6.45) is 0. The van der Waals surface area contributed by atoms with Crippen LogP contribution in [-0.2, 0) is 0 Å². The van der Waals surface area contributed by atoms with Gasteiger partial charge in [0.05, 0.1) is 0 Å². The molecule has 0 heterocycles. The number of methoxy groups -OCH3 is 1. The number of fused-ring (bicyclic) bond motifs is 3. The van der Waals surface area contributed by atoms with Crippen molar-refractivity contribution < 1.29 is 4.74 Å². The zero-order valence-corrected chi connectivity index (χ0v) is 16.4. The second-order valence-electron chi connectivity index (χ2n) is 6.38. The van der Waals surface area contributed by atoms with E-state index in [1.165, 1.54) is 41.6 Å². The van der Waals surface area contributed by atoms with Crippen molar-refractivity contribution >= 4 is 45.4 Å². The molecule has 0 aromatic heterocycles. The standard InChI is InChI=1S/C23H20OSe/c1-15-11-16(2)23-21(12-15)20-10-9-18(24-3)13-17(20)14-22(23)25-19-7-5-4-6-8-19/h4-14H,1-3H3. The summed E-state index contributed by atoms with van der Waals surface area (Å²) in [4.78, 5) is 0. The Hall–Kier alpha value is -2.28. The van der Waals surface area contributed by atoms with Crippen LogP contribution in [0.4, 0.5) is 0 Å². The Bertz CT molecular complexity index is 1070. The Morgan fingerprint density at radius 3 is 2.36 bits per heavy atom. The summed E-state index contributed by atoms with van der Waals surface area (Å²) in [6.45, 7) is 4.41. The number of benzene rings is 4. The van der Waals surface area contributed by atoms with Crippen LogP contribution in [0.15, 0.2) is 66.7 Å². The van der Waals surface area contributed by atoms with Crippen molar-refractivity contribution in [3.8, 4) is 5.75 Å². The van der Waals surface area contributed by atoms with Crippen molar-refractivity contribution in [1.82, 2.24) is 0 Å². The molecule has 0 N–H and O–H groups in total. The number of rotatable bonds is 3. The molecule has 124 valence electrons. The molecule has 0 spiro atoms. The fourth-order valence-electron chi connectivity index (χ4n) is 3.45. The van der Waals surface area contributed by atoms with Crippen LogP contribution in [-0.4, -0.2) is 22.1 Å². The van der Waals surface area contributed by atoms with Crippen LogP contribution >= 0.6 is 0 Å². The van der Waals surface area contributed by atoms with Gasteiger partial charge >= 0.3 is 155 Å². The van der Waals surface area contributed by atoms with Crippen LogP contribution in [0.25, 0.3) is 21.5 Å². The molecule has 4 aromatic carbocycles. The first-order valence-corrected chi connectivity index (χ1v) is 10.1. The minimum absolute atomic E-state index is 0.275. The quantitative estimate of drug-likeness (QED) is 0.374. The van der Waals surface area contributed by atoms with E-state index >= 15 is 0 Å². The minimum atomic E-state index is 0.275. The van der Waals surface area contributed by atoms with Gasteiger partial charge in [0.1, 0.15) is 0 Å². The molecule has 0 fully saturated rings. The van der Waals surface area contributed by atoms with Crippen molar-refractivity contribution in [2.45, 2.75) is 13.8 Å². The summed E-state index contributed by atoms with van der Waals surface area (Å²) in [5, 5.41) is 5.32. The summed E-state index contributed by atoms with van der Waals surface area (Å²) >= 11 is 0.275. The summed E-state index contributed by atoms with van der Waals surface area (Å²) in [6, 6.07) is 24.2. The fourth-order valence-corrected chi connectivity index (χ4v) is 5.77. The van der Waals surface area contributed by atoms with Gasteiger partial charge < -0.3 is 0 Å². The van der Waals surface area contributed by atoms with E-state index in [0.717, 1.165) is 5.75 Å². The van der Waals surface area contributed by atoms with E-state index in [1.807, 2.05) is 0 Å². The van der Waals surface area contributed by atoms with E-state index in [0.29, 0.717) is 0 Å². The summed E-state index contributed by atoms with van der Waals surface area (Å²) < 4.78 is 8.28. The van der Waals surface area contributed by atoms with Gasteiger partial charge in [-0.15, -0.1) is 0 Å². The molecule has 0 bridgehead atoms. The van der Waals surface area contributed by atoms with Gasteiger partial charge in [-0.25, -0.2) is 0 Å². The molecule has 0 aliphatic carbocycles. The molecule has 0 aliphatic rings. The normalized spacial score (nSPS) is 11.2. The molecule has 0 amide bonds. The van der Waals surface area contributed by atoms with Gasteiger partial charge in [-0.1, -0.05) is 0 Å². The van der Waals surface area contributed by atoms with Crippen molar-refractivity contribution in [2.24, 2.45) is 0 Å². The Morgan fingerprint density at radius 2 is 1.60 bits per heavy atom. The zero-order chi connectivity index (χ0) is 17.4. The van der Waals surface area contributed by atoms with Crippen LogP contribution in [0, 0.1) is 13.8 Å². The summed E-state index contributed by atoms with van der Waals surface area (Å²) in [5.74, 6) is 0.911. The molecule has 4 rings (SSSR count). The van der Waals surface area contributed by atoms with Gasteiger partial charge in [-0.3, -0.25) is 0 Å². The Labute approximate surface area is 154 Å². The first kappa shape index (κ1) is 16.2. The third-order valence-electron chi connectivity index (χ3n) is 4.53. The second kappa shape index (κ2) is 6.55. The van der Waals surface area contributed by atoms with Gasteiger partial charge in [0.2, 0.25) is 0 Å². The Balaban J connectivity index is 2.04. The SMILES string of the molecule is COc1ccc2c(c1)cc([Se]c1ccccc1)c1c(C)cc(C)cc12. The molecular weight excluding hydrogens is 371 g/mol. The predicted octanol–water partition coefficient (Wildman–Crippen LogP) is 4.27. The van der Waals surface area contributed by atoms with Gasteiger partial charge in [-0.2, -0.15) is 0 Å². The van der Waals surface area contributed by atoms with Crippen LogP contribution < -0.4 is 13.7 Å².